The van der Waals surface area contributed by atoms with E-state index < -0.39 is 12.0 Å². The maximum atomic E-state index is 11.5. The van der Waals surface area contributed by atoms with Crippen molar-refractivity contribution in [3.05, 3.63) is 23.8 Å². The summed E-state index contributed by atoms with van der Waals surface area (Å²) in [6.07, 6.45) is 0.421. The number of ether oxygens (including phenoxy) is 2. The van der Waals surface area contributed by atoms with Gasteiger partial charge in [-0.05, 0) is 37.2 Å². The van der Waals surface area contributed by atoms with E-state index >= 15 is 0 Å². The highest BCUT2D eigenvalue weighted by molar-refractivity contribution is 5.74. The van der Waals surface area contributed by atoms with Gasteiger partial charge in [0.15, 0.2) is 0 Å². The van der Waals surface area contributed by atoms with Gasteiger partial charge in [-0.3, -0.25) is 9.69 Å². The first-order valence-electron chi connectivity index (χ1n) is 6.74. The van der Waals surface area contributed by atoms with Gasteiger partial charge in [-0.25, -0.2) is 0 Å². The van der Waals surface area contributed by atoms with E-state index in [1.165, 1.54) is 0 Å². The predicted octanol–water partition coefficient (Wildman–Crippen LogP) is 2.04. The van der Waals surface area contributed by atoms with Gasteiger partial charge in [-0.1, -0.05) is 13.8 Å². The van der Waals surface area contributed by atoms with Crippen LogP contribution in [-0.2, 0) is 11.2 Å². The van der Waals surface area contributed by atoms with Crippen LogP contribution in [0.3, 0.4) is 0 Å². The van der Waals surface area contributed by atoms with Crippen molar-refractivity contribution in [1.29, 1.82) is 0 Å². The molecule has 20 heavy (non-hydrogen) atoms. The first kappa shape index (κ1) is 16.3. The van der Waals surface area contributed by atoms with E-state index in [4.69, 9.17) is 9.47 Å². The number of rotatable bonds is 8. The Morgan fingerprint density at radius 2 is 1.65 bits per heavy atom. The highest BCUT2D eigenvalue weighted by Gasteiger charge is 2.24. The second-order valence-corrected chi connectivity index (χ2v) is 4.50. The predicted molar refractivity (Wildman–Crippen MR) is 77.6 cm³/mol. The molecule has 0 aromatic heterocycles. The number of benzene rings is 1. The summed E-state index contributed by atoms with van der Waals surface area (Å²) >= 11 is 0. The molecule has 5 nitrogen and oxygen atoms in total. The molecular formula is C15H23NO4. The van der Waals surface area contributed by atoms with Crippen LogP contribution in [0.2, 0.25) is 0 Å². The topological polar surface area (TPSA) is 59.0 Å². The lowest BCUT2D eigenvalue weighted by molar-refractivity contribution is -0.143. The molecule has 112 valence electrons. The zero-order valence-corrected chi connectivity index (χ0v) is 12.5. The lowest BCUT2D eigenvalue weighted by atomic mass is 10.0. The summed E-state index contributed by atoms with van der Waals surface area (Å²) in [6, 6.07) is 4.93. The molecule has 1 rings (SSSR count). The highest BCUT2D eigenvalue weighted by Crippen LogP contribution is 2.24. The van der Waals surface area contributed by atoms with E-state index in [1.807, 2.05) is 30.9 Å². The average Bonchev–Trinajstić information content (AvgIpc) is 2.46. The summed E-state index contributed by atoms with van der Waals surface area (Å²) < 4.78 is 10.4. The van der Waals surface area contributed by atoms with Crippen LogP contribution in [0.15, 0.2) is 18.2 Å². The zero-order valence-electron chi connectivity index (χ0n) is 12.5. The number of carboxylic acids is 1. The van der Waals surface area contributed by atoms with Crippen molar-refractivity contribution in [3.63, 3.8) is 0 Å². The van der Waals surface area contributed by atoms with E-state index in [2.05, 4.69) is 0 Å². The number of aliphatic carboxylic acids is 1. The van der Waals surface area contributed by atoms with Crippen molar-refractivity contribution in [3.8, 4) is 11.5 Å². The first-order chi connectivity index (χ1) is 9.55. The molecule has 0 heterocycles. The second kappa shape index (κ2) is 7.75. The lowest BCUT2D eigenvalue weighted by Crippen LogP contribution is -2.42. The fraction of sp³-hybridized carbons (Fsp3) is 0.533. The highest BCUT2D eigenvalue weighted by atomic mass is 16.5. The quantitative estimate of drug-likeness (QED) is 0.790. The van der Waals surface area contributed by atoms with Crippen LogP contribution >= 0.6 is 0 Å². The zero-order chi connectivity index (χ0) is 15.1. The smallest absolute Gasteiger partial charge is 0.321 e. The summed E-state index contributed by atoms with van der Waals surface area (Å²) in [5.41, 5.74) is 0.889. The third-order valence-electron chi connectivity index (χ3n) is 3.38. The molecule has 0 radical (unpaired) electrons. The van der Waals surface area contributed by atoms with E-state index in [0.717, 1.165) is 5.56 Å². The molecule has 0 aliphatic rings. The van der Waals surface area contributed by atoms with E-state index in [9.17, 15) is 9.90 Å². The number of carboxylic acid groups (broad SMARTS) is 1. The maximum Gasteiger partial charge on any atom is 0.321 e. The number of hydrogen-bond donors (Lipinski definition) is 1. The fourth-order valence-electron chi connectivity index (χ4n) is 2.24. The molecule has 0 saturated heterocycles. The molecule has 1 aromatic carbocycles. The third kappa shape index (κ3) is 4.13. The van der Waals surface area contributed by atoms with Crippen molar-refractivity contribution < 1.29 is 19.4 Å². The fourth-order valence-corrected chi connectivity index (χ4v) is 2.24. The molecule has 1 atom stereocenters. The largest absolute Gasteiger partial charge is 0.497 e. The molecule has 0 spiro atoms. The lowest BCUT2D eigenvalue weighted by Gasteiger charge is -2.26. The van der Waals surface area contributed by atoms with Crippen LogP contribution in [0.5, 0.6) is 11.5 Å². The molecule has 1 N–H and O–H groups in total. The number of methoxy groups -OCH3 is 2. The van der Waals surface area contributed by atoms with E-state index in [0.29, 0.717) is 31.0 Å². The minimum absolute atomic E-state index is 0.421. The van der Waals surface area contributed by atoms with Gasteiger partial charge in [0, 0.05) is 6.07 Å². The Hall–Kier alpha value is -1.75. The monoisotopic (exact) mass is 281 g/mol. The van der Waals surface area contributed by atoms with Crippen molar-refractivity contribution in [2.45, 2.75) is 26.3 Å². The summed E-state index contributed by atoms with van der Waals surface area (Å²) in [6.45, 7) is 5.33. The number of carbonyl (C=O) groups is 1. The number of hydrogen-bond acceptors (Lipinski definition) is 4. The van der Waals surface area contributed by atoms with Gasteiger partial charge in [-0.2, -0.15) is 0 Å². The third-order valence-corrected chi connectivity index (χ3v) is 3.38. The van der Waals surface area contributed by atoms with E-state index in [-0.39, 0.29) is 0 Å². The van der Waals surface area contributed by atoms with Crippen LogP contribution < -0.4 is 9.47 Å². The van der Waals surface area contributed by atoms with Gasteiger partial charge < -0.3 is 14.6 Å². The Kier molecular flexibility index (Phi) is 6.31. The van der Waals surface area contributed by atoms with Gasteiger partial charge in [-0.15, -0.1) is 0 Å². The molecule has 1 unspecified atom stereocenters. The van der Waals surface area contributed by atoms with Gasteiger partial charge in [0.2, 0.25) is 0 Å². The Morgan fingerprint density at radius 1 is 1.15 bits per heavy atom. The van der Waals surface area contributed by atoms with Gasteiger partial charge in [0.25, 0.3) is 0 Å². The molecule has 5 heteroatoms. The van der Waals surface area contributed by atoms with Crippen molar-refractivity contribution in [2.24, 2.45) is 0 Å². The molecule has 0 bridgehead atoms. The normalized spacial score (nSPS) is 12.2. The van der Waals surface area contributed by atoms with Crippen molar-refractivity contribution in [1.82, 2.24) is 4.90 Å². The Labute approximate surface area is 120 Å². The van der Waals surface area contributed by atoms with Crippen LogP contribution in [-0.4, -0.2) is 49.3 Å². The molecule has 1 aromatic rings. The summed E-state index contributed by atoms with van der Waals surface area (Å²) in [5.74, 6) is 0.529. The minimum Gasteiger partial charge on any atom is -0.497 e. The summed E-state index contributed by atoms with van der Waals surface area (Å²) in [4.78, 5) is 13.4. The van der Waals surface area contributed by atoms with Gasteiger partial charge in [0.1, 0.15) is 17.5 Å². The van der Waals surface area contributed by atoms with Crippen LogP contribution in [0.4, 0.5) is 0 Å². The van der Waals surface area contributed by atoms with Crippen LogP contribution in [0.25, 0.3) is 0 Å². The Balaban J connectivity index is 3.01. The van der Waals surface area contributed by atoms with Crippen LogP contribution in [0.1, 0.15) is 19.4 Å². The number of likely N-dealkylation sites (N-methyl/N-ethyl adjacent to an activating group) is 1. The minimum atomic E-state index is -0.810. The van der Waals surface area contributed by atoms with Crippen LogP contribution in [0, 0.1) is 0 Å². The first-order valence-corrected chi connectivity index (χ1v) is 6.74. The standard InChI is InChI=1S/C15H23NO4/c1-5-16(6-2)14(15(17)18)9-11-7-12(19-3)10-13(8-11)20-4/h7-8,10,14H,5-6,9H2,1-4H3,(H,17,18). The summed E-state index contributed by atoms with van der Waals surface area (Å²) in [7, 11) is 3.16. The van der Waals surface area contributed by atoms with Gasteiger partial charge >= 0.3 is 5.97 Å². The average molecular weight is 281 g/mol. The van der Waals surface area contributed by atoms with Gasteiger partial charge in [0.05, 0.1) is 14.2 Å². The molecule has 0 amide bonds. The molecule has 0 aliphatic heterocycles. The molecule has 0 aliphatic carbocycles. The maximum absolute atomic E-state index is 11.5. The van der Waals surface area contributed by atoms with E-state index in [1.54, 1.807) is 20.3 Å². The number of nitrogens with zero attached hydrogens (tertiary/aromatic N) is 1. The Morgan fingerprint density at radius 3 is 2.00 bits per heavy atom. The molecular weight excluding hydrogens is 258 g/mol. The SMILES string of the molecule is CCN(CC)C(Cc1cc(OC)cc(OC)c1)C(=O)O. The summed E-state index contributed by atoms with van der Waals surface area (Å²) in [5, 5.41) is 9.42. The molecule has 0 fully saturated rings. The molecule has 0 saturated carbocycles. The Bertz CT molecular complexity index is 421. The second-order valence-electron chi connectivity index (χ2n) is 4.50. The van der Waals surface area contributed by atoms with Crippen molar-refractivity contribution >= 4 is 5.97 Å². The van der Waals surface area contributed by atoms with Crippen molar-refractivity contribution in [2.75, 3.05) is 27.3 Å².